The molecule has 4 nitrogen and oxygen atoms in total. The van der Waals surface area contributed by atoms with E-state index in [9.17, 15) is 10.2 Å². The summed E-state index contributed by atoms with van der Waals surface area (Å²) in [5.41, 5.74) is 0.243. The largest absolute Gasteiger partial charge is 0.508 e. The van der Waals surface area contributed by atoms with E-state index in [0.29, 0.717) is 0 Å². The highest BCUT2D eigenvalue weighted by Gasteiger charge is 2.25. The second-order valence-electron chi connectivity index (χ2n) is 2.51. The van der Waals surface area contributed by atoms with Crippen LogP contribution in [0.15, 0.2) is 18.2 Å². The summed E-state index contributed by atoms with van der Waals surface area (Å²) in [5, 5.41) is 18.8. The third-order valence-corrected chi connectivity index (χ3v) is 1.72. The standard InChI is InChI=1S/C8H11BO4/c1-12-9(13-2)8-6(10)4-3-5-7(8)11/h3-5,10-11H,1-2H3. The molecule has 0 aliphatic heterocycles. The molecule has 70 valence electrons. The van der Waals surface area contributed by atoms with Gasteiger partial charge < -0.3 is 19.5 Å². The average molecular weight is 182 g/mol. The van der Waals surface area contributed by atoms with Gasteiger partial charge in [-0.05, 0) is 12.1 Å². The second-order valence-corrected chi connectivity index (χ2v) is 2.51. The minimum absolute atomic E-state index is 0.0475. The summed E-state index contributed by atoms with van der Waals surface area (Å²) in [5.74, 6) is -0.0950. The monoisotopic (exact) mass is 182 g/mol. The maximum absolute atomic E-state index is 9.40. The Morgan fingerprint density at radius 2 is 1.54 bits per heavy atom. The van der Waals surface area contributed by atoms with Crippen LogP contribution in [0, 0.1) is 0 Å². The third-order valence-electron chi connectivity index (χ3n) is 1.72. The highest BCUT2D eigenvalue weighted by Crippen LogP contribution is 2.15. The fourth-order valence-corrected chi connectivity index (χ4v) is 1.11. The first-order valence-corrected chi connectivity index (χ1v) is 3.77. The molecule has 0 amide bonds. The first-order valence-electron chi connectivity index (χ1n) is 3.77. The van der Waals surface area contributed by atoms with E-state index in [1.807, 2.05) is 0 Å². The average Bonchev–Trinajstić information content (AvgIpc) is 2.11. The molecule has 0 bridgehead atoms. The van der Waals surface area contributed by atoms with E-state index < -0.39 is 7.12 Å². The van der Waals surface area contributed by atoms with Crippen LogP contribution in [-0.4, -0.2) is 31.6 Å². The van der Waals surface area contributed by atoms with Gasteiger partial charge in [0.1, 0.15) is 11.5 Å². The van der Waals surface area contributed by atoms with Gasteiger partial charge in [0.25, 0.3) is 0 Å². The van der Waals surface area contributed by atoms with Crippen molar-refractivity contribution in [1.29, 1.82) is 0 Å². The van der Waals surface area contributed by atoms with E-state index in [1.54, 1.807) is 0 Å². The molecule has 1 rings (SSSR count). The first kappa shape index (κ1) is 9.89. The van der Waals surface area contributed by atoms with Crippen molar-refractivity contribution in [2.24, 2.45) is 0 Å². The van der Waals surface area contributed by atoms with Crippen molar-refractivity contribution in [2.45, 2.75) is 0 Å². The van der Waals surface area contributed by atoms with Gasteiger partial charge >= 0.3 is 7.12 Å². The number of aromatic hydroxyl groups is 2. The van der Waals surface area contributed by atoms with Crippen LogP contribution in [0.1, 0.15) is 0 Å². The van der Waals surface area contributed by atoms with Crippen molar-refractivity contribution in [1.82, 2.24) is 0 Å². The quantitative estimate of drug-likeness (QED) is 0.650. The Hall–Kier alpha value is -1.20. The number of phenolic OH excluding ortho intramolecular Hbond substituents is 2. The second kappa shape index (κ2) is 4.16. The van der Waals surface area contributed by atoms with Gasteiger partial charge in [-0.2, -0.15) is 0 Å². The molecule has 0 radical (unpaired) electrons. The Morgan fingerprint density at radius 3 is 1.92 bits per heavy atom. The summed E-state index contributed by atoms with van der Waals surface area (Å²) in [4.78, 5) is 0. The van der Waals surface area contributed by atoms with Gasteiger partial charge in [-0.3, -0.25) is 0 Å². The zero-order chi connectivity index (χ0) is 9.84. The van der Waals surface area contributed by atoms with E-state index in [0.717, 1.165) is 0 Å². The smallest absolute Gasteiger partial charge is 0.501 e. The summed E-state index contributed by atoms with van der Waals surface area (Å²) in [7, 11) is 2.11. The molecule has 0 unspecified atom stereocenters. The van der Waals surface area contributed by atoms with Crippen LogP contribution in [0.25, 0.3) is 0 Å². The van der Waals surface area contributed by atoms with E-state index >= 15 is 0 Å². The summed E-state index contributed by atoms with van der Waals surface area (Å²) in [6, 6.07) is 4.46. The SMILES string of the molecule is COB(OC)c1c(O)cccc1O. The minimum atomic E-state index is -0.749. The Balaban J connectivity index is 3.10. The van der Waals surface area contributed by atoms with Crippen molar-refractivity contribution < 1.29 is 19.5 Å². The van der Waals surface area contributed by atoms with Gasteiger partial charge in [-0.25, -0.2) is 0 Å². The van der Waals surface area contributed by atoms with Gasteiger partial charge in [-0.1, -0.05) is 6.07 Å². The van der Waals surface area contributed by atoms with E-state index in [-0.39, 0.29) is 17.0 Å². The van der Waals surface area contributed by atoms with Crippen LogP contribution < -0.4 is 5.46 Å². The molecular weight excluding hydrogens is 171 g/mol. The molecule has 13 heavy (non-hydrogen) atoms. The molecule has 0 spiro atoms. The fraction of sp³-hybridized carbons (Fsp3) is 0.250. The van der Waals surface area contributed by atoms with Crippen LogP contribution in [0.3, 0.4) is 0 Å². The maximum atomic E-state index is 9.40. The van der Waals surface area contributed by atoms with E-state index in [1.165, 1.54) is 32.4 Å². The van der Waals surface area contributed by atoms with Crippen molar-refractivity contribution >= 4 is 12.6 Å². The van der Waals surface area contributed by atoms with Crippen LogP contribution in [-0.2, 0) is 9.31 Å². The molecule has 2 N–H and O–H groups in total. The molecule has 0 aromatic heterocycles. The van der Waals surface area contributed by atoms with E-state index in [4.69, 9.17) is 9.31 Å². The lowest BCUT2D eigenvalue weighted by molar-refractivity contribution is 0.289. The van der Waals surface area contributed by atoms with Crippen molar-refractivity contribution in [2.75, 3.05) is 14.2 Å². The molecule has 0 aliphatic carbocycles. The normalized spacial score (nSPS) is 10.0. The summed E-state index contributed by atoms with van der Waals surface area (Å²) in [6.45, 7) is 0. The molecule has 0 aliphatic rings. The van der Waals surface area contributed by atoms with Crippen LogP contribution in [0.4, 0.5) is 0 Å². The number of hydrogen-bond donors (Lipinski definition) is 2. The van der Waals surface area contributed by atoms with Crippen LogP contribution in [0.5, 0.6) is 11.5 Å². The highest BCUT2D eigenvalue weighted by atomic mass is 16.6. The first-order chi connectivity index (χ1) is 6.20. The summed E-state index contributed by atoms with van der Waals surface area (Å²) >= 11 is 0. The van der Waals surface area contributed by atoms with E-state index in [2.05, 4.69) is 0 Å². The molecule has 0 saturated carbocycles. The van der Waals surface area contributed by atoms with Gasteiger partial charge in [0, 0.05) is 14.2 Å². The van der Waals surface area contributed by atoms with Gasteiger partial charge in [0.2, 0.25) is 0 Å². The Kier molecular flexibility index (Phi) is 3.16. The predicted molar refractivity (Wildman–Crippen MR) is 49.2 cm³/mol. The lowest BCUT2D eigenvalue weighted by Crippen LogP contribution is -2.35. The molecule has 0 saturated heterocycles. The zero-order valence-corrected chi connectivity index (χ0v) is 7.52. The molecule has 1 aromatic rings. The van der Waals surface area contributed by atoms with Crippen molar-refractivity contribution in [3.05, 3.63) is 18.2 Å². The van der Waals surface area contributed by atoms with Gasteiger partial charge in [0.05, 0.1) is 5.46 Å². The fourth-order valence-electron chi connectivity index (χ4n) is 1.11. The molecule has 5 heteroatoms. The van der Waals surface area contributed by atoms with Crippen molar-refractivity contribution in [3.8, 4) is 11.5 Å². The van der Waals surface area contributed by atoms with Crippen LogP contribution in [0.2, 0.25) is 0 Å². The lowest BCUT2D eigenvalue weighted by Gasteiger charge is -2.11. The topological polar surface area (TPSA) is 58.9 Å². The van der Waals surface area contributed by atoms with Crippen molar-refractivity contribution in [3.63, 3.8) is 0 Å². The Labute approximate surface area is 76.9 Å². The van der Waals surface area contributed by atoms with Gasteiger partial charge in [0.15, 0.2) is 0 Å². The van der Waals surface area contributed by atoms with Gasteiger partial charge in [-0.15, -0.1) is 0 Å². The molecule has 0 fully saturated rings. The lowest BCUT2D eigenvalue weighted by atomic mass is 9.77. The molecule has 0 atom stereocenters. The molecular formula is C8H11BO4. The number of rotatable bonds is 3. The molecule has 0 heterocycles. The zero-order valence-electron chi connectivity index (χ0n) is 7.52. The number of hydrogen-bond acceptors (Lipinski definition) is 4. The molecule has 1 aromatic carbocycles. The Bertz CT molecular complexity index is 265. The highest BCUT2D eigenvalue weighted by molar-refractivity contribution is 6.63. The summed E-state index contributed by atoms with van der Waals surface area (Å²) in [6.07, 6.45) is 0. The maximum Gasteiger partial charge on any atom is 0.501 e. The summed E-state index contributed by atoms with van der Waals surface area (Å²) < 4.78 is 9.81. The van der Waals surface area contributed by atoms with Crippen LogP contribution >= 0.6 is 0 Å². The Morgan fingerprint density at radius 1 is 1.08 bits per heavy atom. The number of phenols is 2. The third kappa shape index (κ3) is 1.94. The predicted octanol–water partition coefficient (Wildman–Crippen LogP) is 0.0858. The minimum Gasteiger partial charge on any atom is -0.508 e. The number of benzene rings is 1.